The highest BCUT2D eigenvalue weighted by atomic mass is 19.1. The van der Waals surface area contributed by atoms with Crippen LogP contribution in [0.2, 0.25) is 0 Å². The molecule has 4 heterocycles. The van der Waals surface area contributed by atoms with Gasteiger partial charge in [-0.05, 0) is 43.1 Å². The summed E-state index contributed by atoms with van der Waals surface area (Å²) in [5.41, 5.74) is 3.04. The molecule has 0 radical (unpaired) electrons. The molecule has 28 heavy (non-hydrogen) atoms. The minimum atomic E-state index is -0.385. The first-order chi connectivity index (χ1) is 13.7. The second-order valence-corrected chi connectivity index (χ2v) is 7.23. The van der Waals surface area contributed by atoms with Crippen LogP contribution in [0.15, 0.2) is 53.3 Å². The van der Waals surface area contributed by atoms with Gasteiger partial charge in [0.05, 0.1) is 12.2 Å². The number of halogens is 1. The molecule has 1 aromatic carbocycles. The molecule has 0 spiro atoms. The number of fused-ring (bicyclic) bond motifs is 1. The number of likely N-dealkylation sites (tertiary alicyclic amines) is 1. The van der Waals surface area contributed by atoms with Crippen LogP contribution in [0.5, 0.6) is 0 Å². The summed E-state index contributed by atoms with van der Waals surface area (Å²) in [6, 6.07) is 11.4. The molecule has 5 rings (SSSR count). The van der Waals surface area contributed by atoms with E-state index in [0.717, 1.165) is 32.1 Å². The predicted molar refractivity (Wildman–Crippen MR) is 103 cm³/mol. The first-order valence-electron chi connectivity index (χ1n) is 9.41. The number of pyridine rings is 1. The Morgan fingerprint density at radius 1 is 1.21 bits per heavy atom. The Bertz CT molecular complexity index is 1120. The first-order valence-corrected chi connectivity index (χ1v) is 9.41. The van der Waals surface area contributed by atoms with Gasteiger partial charge >= 0.3 is 0 Å². The molecule has 0 bridgehead atoms. The summed E-state index contributed by atoms with van der Waals surface area (Å²) < 4.78 is 20.8. The van der Waals surface area contributed by atoms with Crippen molar-refractivity contribution in [3.8, 4) is 11.5 Å². The predicted octanol–water partition coefficient (Wildman–Crippen LogP) is 4.10. The summed E-state index contributed by atoms with van der Waals surface area (Å²) in [4.78, 5) is 11.0. The highest BCUT2D eigenvalue weighted by Gasteiger charge is 2.31. The van der Waals surface area contributed by atoms with E-state index in [-0.39, 0.29) is 11.9 Å². The van der Waals surface area contributed by atoms with Crippen LogP contribution in [-0.2, 0) is 13.6 Å². The second kappa shape index (κ2) is 6.83. The Hall–Kier alpha value is -3.06. The summed E-state index contributed by atoms with van der Waals surface area (Å²) in [7, 11) is 2.08. The van der Waals surface area contributed by atoms with Gasteiger partial charge in [-0.3, -0.25) is 4.90 Å². The van der Waals surface area contributed by atoms with Crippen LogP contribution in [0.25, 0.3) is 22.4 Å². The maximum absolute atomic E-state index is 13.1. The molecule has 0 N–H and O–H groups in total. The average molecular weight is 377 g/mol. The molecule has 1 fully saturated rings. The van der Waals surface area contributed by atoms with E-state index in [2.05, 4.69) is 62.1 Å². The molecule has 1 saturated heterocycles. The zero-order valence-electron chi connectivity index (χ0n) is 15.5. The van der Waals surface area contributed by atoms with E-state index >= 15 is 0 Å². The lowest BCUT2D eigenvalue weighted by molar-refractivity contribution is 0.201. The molecule has 0 saturated carbocycles. The van der Waals surface area contributed by atoms with Crippen molar-refractivity contribution in [1.82, 2.24) is 24.6 Å². The Labute approximate surface area is 161 Å². The third-order valence-corrected chi connectivity index (χ3v) is 5.40. The minimum Gasteiger partial charge on any atom is -0.350 e. The normalized spacial score (nSPS) is 17.6. The minimum absolute atomic E-state index is 0.0840. The molecule has 142 valence electrons. The van der Waals surface area contributed by atoms with E-state index in [1.165, 1.54) is 22.5 Å². The number of para-hydroxylation sites is 1. The summed E-state index contributed by atoms with van der Waals surface area (Å²) in [6.45, 7) is 1.82. The van der Waals surface area contributed by atoms with E-state index in [4.69, 9.17) is 4.52 Å². The fraction of sp³-hybridized carbons (Fsp3) is 0.286. The number of hydrogen-bond acceptors (Lipinski definition) is 5. The maximum Gasteiger partial charge on any atom is 0.244 e. The highest BCUT2D eigenvalue weighted by Crippen LogP contribution is 2.34. The van der Waals surface area contributed by atoms with E-state index in [1.54, 1.807) is 6.07 Å². The number of nitrogens with zero attached hydrogens (tertiary/aromatic N) is 5. The van der Waals surface area contributed by atoms with Gasteiger partial charge in [-0.15, -0.1) is 0 Å². The Morgan fingerprint density at radius 2 is 2.11 bits per heavy atom. The van der Waals surface area contributed by atoms with Crippen LogP contribution < -0.4 is 0 Å². The lowest BCUT2D eigenvalue weighted by Crippen LogP contribution is -2.22. The molecular formula is C21H20FN5O. The largest absolute Gasteiger partial charge is 0.350 e. The standard InChI is InChI=1S/C21H20FN5O/c1-26-12-14(16-5-2-3-6-18(16)26)13-27-10-4-7-19(27)21-24-20(25-28-21)17-9-8-15(22)11-23-17/h2-3,5-6,8-9,11-12,19H,4,7,10,13H2,1H3/t19-/m0/s1. The molecule has 3 aromatic heterocycles. The van der Waals surface area contributed by atoms with Crippen LogP contribution in [0.3, 0.4) is 0 Å². The number of benzene rings is 1. The smallest absolute Gasteiger partial charge is 0.244 e. The van der Waals surface area contributed by atoms with Crippen molar-refractivity contribution in [3.05, 3.63) is 66.1 Å². The first kappa shape index (κ1) is 17.1. The van der Waals surface area contributed by atoms with E-state index in [0.29, 0.717) is 17.4 Å². The summed E-state index contributed by atoms with van der Waals surface area (Å²) >= 11 is 0. The Kier molecular flexibility index (Phi) is 4.16. The highest BCUT2D eigenvalue weighted by molar-refractivity contribution is 5.83. The summed E-state index contributed by atoms with van der Waals surface area (Å²) in [5.74, 6) is 0.607. The quantitative estimate of drug-likeness (QED) is 0.536. The number of aryl methyl sites for hydroxylation is 1. The van der Waals surface area contributed by atoms with Gasteiger partial charge in [0.1, 0.15) is 11.5 Å². The molecule has 1 aliphatic heterocycles. The van der Waals surface area contributed by atoms with Gasteiger partial charge in [0.2, 0.25) is 11.7 Å². The fourth-order valence-electron chi connectivity index (χ4n) is 4.05. The van der Waals surface area contributed by atoms with Crippen LogP contribution in [0, 0.1) is 5.82 Å². The van der Waals surface area contributed by atoms with Crippen molar-refractivity contribution in [3.63, 3.8) is 0 Å². The lowest BCUT2D eigenvalue weighted by Gasteiger charge is -2.21. The molecule has 4 aromatic rings. The Balaban J connectivity index is 1.40. The number of aromatic nitrogens is 4. The van der Waals surface area contributed by atoms with E-state index in [9.17, 15) is 4.39 Å². The van der Waals surface area contributed by atoms with Crippen LogP contribution in [0.4, 0.5) is 4.39 Å². The van der Waals surface area contributed by atoms with Crippen molar-refractivity contribution in [1.29, 1.82) is 0 Å². The van der Waals surface area contributed by atoms with Crippen molar-refractivity contribution >= 4 is 10.9 Å². The average Bonchev–Trinajstić information content (AvgIpc) is 3.43. The number of rotatable bonds is 4. The van der Waals surface area contributed by atoms with Gasteiger partial charge < -0.3 is 9.09 Å². The van der Waals surface area contributed by atoms with Crippen molar-refractivity contribution in [2.24, 2.45) is 7.05 Å². The van der Waals surface area contributed by atoms with Crippen molar-refractivity contribution < 1.29 is 8.91 Å². The molecule has 7 heteroatoms. The monoisotopic (exact) mass is 377 g/mol. The summed E-state index contributed by atoms with van der Waals surface area (Å²) in [6.07, 6.45) is 5.42. The van der Waals surface area contributed by atoms with E-state index < -0.39 is 0 Å². The van der Waals surface area contributed by atoms with Gasteiger partial charge in [-0.25, -0.2) is 9.37 Å². The molecule has 0 unspecified atom stereocenters. The third-order valence-electron chi connectivity index (χ3n) is 5.40. The molecule has 6 nitrogen and oxygen atoms in total. The molecule has 1 atom stereocenters. The summed E-state index contributed by atoms with van der Waals surface area (Å²) in [5, 5.41) is 5.33. The van der Waals surface area contributed by atoms with Gasteiger partial charge in [0.15, 0.2) is 0 Å². The maximum atomic E-state index is 13.1. The topological polar surface area (TPSA) is 60.0 Å². The zero-order chi connectivity index (χ0) is 19.1. The zero-order valence-corrected chi connectivity index (χ0v) is 15.5. The third kappa shape index (κ3) is 2.97. The molecule has 0 aliphatic carbocycles. The van der Waals surface area contributed by atoms with Gasteiger partial charge in [0, 0.05) is 30.7 Å². The Morgan fingerprint density at radius 3 is 2.96 bits per heavy atom. The van der Waals surface area contributed by atoms with Gasteiger partial charge in [-0.2, -0.15) is 4.98 Å². The van der Waals surface area contributed by atoms with Crippen LogP contribution >= 0.6 is 0 Å². The molecular weight excluding hydrogens is 357 g/mol. The van der Waals surface area contributed by atoms with Crippen LogP contribution in [-0.4, -0.2) is 31.1 Å². The van der Waals surface area contributed by atoms with Crippen LogP contribution in [0.1, 0.15) is 30.3 Å². The van der Waals surface area contributed by atoms with Gasteiger partial charge in [-0.1, -0.05) is 23.4 Å². The van der Waals surface area contributed by atoms with Crippen molar-refractivity contribution in [2.75, 3.05) is 6.54 Å². The second-order valence-electron chi connectivity index (χ2n) is 7.23. The molecule has 1 aliphatic rings. The van der Waals surface area contributed by atoms with E-state index in [1.807, 2.05) is 0 Å². The SMILES string of the molecule is Cn1cc(CN2CCC[C@H]2c2nc(-c3ccc(F)cn3)no2)c2ccccc21. The number of hydrogen-bond donors (Lipinski definition) is 0. The van der Waals surface area contributed by atoms with Crippen molar-refractivity contribution in [2.45, 2.75) is 25.4 Å². The fourth-order valence-corrected chi connectivity index (χ4v) is 4.05. The van der Waals surface area contributed by atoms with Gasteiger partial charge in [0.25, 0.3) is 0 Å². The lowest BCUT2D eigenvalue weighted by atomic mass is 10.1. The molecule has 0 amide bonds.